The van der Waals surface area contributed by atoms with Gasteiger partial charge in [-0.15, -0.1) is 0 Å². The van der Waals surface area contributed by atoms with Crippen molar-refractivity contribution in [2.75, 3.05) is 32.7 Å². The highest BCUT2D eigenvalue weighted by Gasteiger charge is 2.31. The zero-order chi connectivity index (χ0) is 19.1. The first kappa shape index (κ1) is 20.7. The SMILES string of the molecule is CC(C)CCC(=O)NCC(=O)N1CCC(C(=O)N2CCCC(C)C2)CC1. The van der Waals surface area contributed by atoms with E-state index in [1.54, 1.807) is 4.90 Å². The maximum Gasteiger partial charge on any atom is 0.241 e. The summed E-state index contributed by atoms with van der Waals surface area (Å²) in [5, 5.41) is 2.72. The first-order valence-corrected chi connectivity index (χ1v) is 10.2. The first-order valence-electron chi connectivity index (χ1n) is 10.2. The van der Waals surface area contributed by atoms with Crippen molar-refractivity contribution in [2.24, 2.45) is 17.8 Å². The van der Waals surface area contributed by atoms with E-state index in [2.05, 4.69) is 26.1 Å². The van der Waals surface area contributed by atoms with Crippen molar-refractivity contribution >= 4 is 17.7 Å². The molecular weight excluding hydrogens is 330 g/mol. The Kier molecular flexibility index (Phi) is 7.91. The van der Waals surface area contributed by atoms with Crippen molar-refractivity contribution in [3.63, 3.8) is 0 Å². The van der Waals surface area contributed by atoms with Crippen LogP contribution in [0, 0.1) is 17.8 Å². The average Bonchev–Trinajstić information content (AvgIpc) is 2.64. The van der Waals surface area contributed by atoms with Gasteiger partial charge < -0.3 is 15.1 Å². The number of hydrogen-bond acceptors (Lipinski definition) is 3. The monoisotopic (exact) mass is 365 g/mol. The van der Waals surface area contributed by atoms with Crippen LogP contribution >= 0.6 is 0 Å². The molecule has 1 atom stereocenters. The van der Waals surface area contributed by atoms with Crippen LogP contribution in [-0.4, -0.2) is 60.2 Å². The van der Waals surface area contributed by atoms with Crippen molar-refractivity contribution in [3.05, 3.63) is 0 Å². The third kappa shape index (κ3) is 6.29. The summed E-state index contributed by atoms with van der Waals surface area (Å²) in [5.74, 6) is 1.29. The lowest BCUT2D eigenvalue weighted by Crippen LogP contribution is -2.48. The second kappa shape index (κ2) is 9.93. The molecule has 2 saturated heterocycles. The predicted octanol–water partition coefficient (Wildman–Crippen LogP) is 2.04. The fourth-order valence-corrected chi connectivity index (χ4v) is 3.82. The summed E-state index contributed by atoms with van der Waals surface area (Å²) in [6.45, 7) is 9.41. The Morgan fingerprint density at radius 3 is 2.35 bits per heavy atom. The molecule has 2 fully saturated rings. The maximum absolute atomic E-state index is 12.7. The number of likely N-dealkylation sites (tertiary alicyclic amines) is 2. The molecular formula is C20H35N3O3. The standard InChI is InChI=1S/C20H35N3O3/c1-15(2)6-7-18(24)21-13-19(25)22-11-8-17(9-12-22)20(26)23-10-4-5-16(3)14-23/h15-17H,4-14H2,1-3H3,(H,21,24). The number of hydrogen-bond donors (Lipinski definition) is 1. The smallest absolute Gasteiger partial charge is 0.241 e. The Morgan fingerprint density at radius 1 is 1.04 bits per heavy atom. The van der Waals surface area contributed by atoms with Crippen molar-refractivity contribution in [3.8, 4) is 0 Å². The molecule has 0 saturated carbocycles. The third-order valence-corrected chi connectivity index (χ3v) is 5.55. The van der Waals surface area contributed by atoms with Crippen LogP contribution < -0.4 is 5.32 Å². The molecule has 3 amide bonds. The lowest BCUT2D eigenvalue weighted by molar-refractivity contribution is -0.142. The second-order valence-electron chi connectivity index (χ2n) is 8.40. The minimum Gasteiger partial charge on any atom is -0.347 e. The van der Waals surface area contributed by atoms with E-state index in [-0.39, 0.29) is 30.2 Å². The van der Waals surface area contributed by atoms with Gasteiger partial charge in [-0.05, 0) is 43.9 Å². The normalized spacial score (nSPS) is 21.8. The molecule has 2 aliphatic heterocycles. The number of amides is 3. The molecule has 2 heterocycles. The molecule has 0 aromatic heterocycles. The minimum absolute atomic E-state index is 0.0413. The molecule has 6 heteroatoms. The molecule has 0 bridgehead atoms. The van der Waals surface area contributed by atoms with Gasteiger partial charge in [0.2, 0.25) is 17.7 Å². The molecule has 1 unspecified atom stereocenters. The van der Waals surface area contributed by atoms with Crippen molar-refractivity contribution in [1.29, 1.82) is 0 Å². The number of carbonyl (C=O) groups excluding carboxylic acids is 3. The van der Waals surface area contributed by atoms with Gasteiger partial charge >= 0.3 is 0 Å². The van der Waals surface area contributed by atoms with Crippen LogP contribution in [0.1, 0.15) is 59.3 Å². The second-order valence-corrected chi connectivity index (χ2v) is 8.40. The van der Waals surface area contributed by atoms with E-state index >= 15 is 0 Å². The van der Waals surface area contributed by atoms with Gasteiger partial charge in [0, 0.05) is 38.5 Å². The summed E-state index contributed by atoms with van der Waals surface area (Å²) in [4.78, 5) is 40.5. The summed E-state index contributed by atoms with van der Waals surface area (Å²) >= 11 is 0. The minimum atomic E-state index is -0.0590. The largest absolute Gasteiger partial charge is 0.347 e. The van der Waals surface area contributed by atoms with Gasteiger partial charge in [-0.1, -0.05) is 20.8 Å². The van der Waals surface area contributed by atoms with Crippen LogP contribution in [0.25, 0.3) is 0 Å². The van der Waals surface area contributed by atoms with Crippen molar-refractivity contribution in [2.45, 2.75) is 59.3 Å². The zero-order valence-corrected chi connectivity index (χ0v) is 16.6. The van der Waals surface area contributed by atoms with Crippen LogP contribution in [0.4, 0.5) is 0 Å². The average molecular weight is 366 g/mol. The van der Waals surface area contributed by atoms with Crippen LogP contribution in [-0.2, 0) is 14.4 Å². The lowest BCUT2D eigenvalue weighted by Gasteiger charge is -2.37. The van der Waals surface area contributed by atoms with Gasteiger partial charge in [-0.25, -0.2) is 0 Å². The number of nitrogens with one attached hydrogen (secondary N) is 1. The molecule has 0 aromatic rings. The summed E-state index contributed by atoms with van der Waals surface area (Å²) in [5.41, 5.74) is 0. The van der Waals surface area contributed by atoms with Crippen molar-refractivity contribution < 1.29 is 14.4 Å². The van der Waals surface area contributed by atoms with E-state index in [0.717, 1.165) is 38.8 Å². The van der Waals surface area contributed by atoms with Crippen LogP contribution in [0.3, 0.4) is 0 Å². The molecule has 0 spiro atoms. The fourth-order valence-electron chi connectivity index (χ4n) is 3.82. The fraction of sp³-hybridized carbons (Fsp3) is 0.850. The predicted molar refractivity (Wildman–Crippen MR) is 101 cm³/mol. The van der Waals surface area contributed by atoms with Crippen LogP contribution in [0.2, 0.25) is 0 Å². The highest BCUT2D eigenvalue weighted by atomic mass is 16.2. The molecule has 0 aliphatic carbocycles. The summed E-state index contributed by atoms with van der Waals surface area (Å²) < 4.78 is 0. The Morgan fingerprint density at radius 2 is 1.73 bits per heavy atom. The van der Waals surface area contributed by atoms with Gasteiger partial charge in [0.05, 0.1) is 6.54 Å². The molecule has 1 N–H and O–H groups in total. The van der Waals surface area contributed by atoms with Crippen LogP contribution in [0.15, 0.2) is 0 Å². The van der Waals surface area contributed by atoms with E-state index in [4.69, 9.17) is 0 Å². The van der Waals surface area contributed by atoms with E-state index in [1.807, 2.05) is 4.90 Å². The lowest BCUT2D eigenvalue weighted by atomic mass is 9.92. The number of carbonyl (C=O) groups is 3. The Labute approximate surface area is 157 Å². The molecule has 2 aliphatic rings. The number of nitrogens with zero attached hydrogens (tertiary/aromatic N) is 2. The van der Waals surface area contributed by atoms with Crippen molar-refractivity contribution in [1.82, 2.24) is 15.1 Å². The van der Waals surface area contributed by atoms with Gasteiger partial charge in [0.1, 0.15) is 0 Å². The molecule has 26 heavy (non-hydrogen) atoms. The highest BCUT2D eigenvalue weighted by Crippen LogP contribution is 2.23. The summed E-state index contributed by atoms with van der Waals surface area (Å²) in [6.07, 6.45) is 5.08. The maximum atomic E-state index is 12.7. The first-order chi connectivity index (χ1) is 12.4. The topological polar surface area (TPSA) is 69.7 Å². The highest BCUT2D eigenvalue weighted by molar-refractivity contribution is 5.85. The molecule has 6 nitrogen and oxygen atoms in total. The number of piperidine rings is 2. The molecule has 2 rings (SSSR count). The zero-order valence-electron chi connectivity index (χ0n) is 16.6. The summed E-state index contributed by atoms with van der Waals surface area (Å²) in [6, 6.07) is 0. The Balaban J connectivity index is 1.69. The Hall–Kier alpha value is -1.59. The quantitative estimate of drug-likeness (QED) is 0.783. The van der Waals surface area contributed by atoms with Gasteiger partial charge in [-0.2, -0.15) is 0 Å². The number of rotatable bonds is 6. The molecule has 0 aromatic carbocycles. The van der Waals surface area contributed by atoms with Gasteiger partial charge in [-0.3, -0.25) is 14.4 Å². The Bertz CT molecular complexity index is 499. The van der Waals surface area contributed by atoms with Crippen LogP contribution in [0.5, 0.6) is 0 Å². The van der Waals surface area contributed by atoms with Gasteiger partial charge in [0.15, 0.2) is 0 Å². The summed E-state index contributed by atoms with van der Waals surface area (Å²) in [7, 11) is 0. The van der Waals surface area contributed by atoms with E-state index < -0.39 is 0 Å². The van der Waals surface area contributed by atoms with E-state index in [1.165, 1.54) is 6.42 Å². The van der Waals surface area contributed by atoms with Gasteiger partial charge in [0.25, 0.3) is 0 Å². The van der Waals surface area contributed by atoms with E-state index in [9.17, 15) is 14.4 Å². The molecule has 0 radical (unpaired) electrons. The molecule has 148 valence electrons. The van der Waals surface area contributed by atoms with E-state index in [0.29, 0.717) is 31.3 Å². The third-order valence-electron chi connectivity index (χ3n) is 5.55.